The number of nitrogens with one attached hydrogen (secondary N) is 2. The van der Waals surface area contributed by atoms with E-state index in [1.54, 1.807) is 12.1 Å². The zero-order chi connectivity index (χ0) is 13.7. The minimum absolute atomic E-state index is 0. The molecule has 0 spiro atoms. The van der Waals surface area contributed by atoms with Crippen LogP contribution in [0.4, 0.5) is 0 Å². The van der Waals surface area contributed by atoms with Crippen molar-refractivity contribution in [2.75, 3.05) is 19.6 Å². The molecule has 2 unspecified atom stereocenters. The van der Waals surface area contributed by atoms with Crippen molar-refractivity contribution in [3.05, 3.63) is 35.9 Å². The second-order valence-corrected chi connectivity index (χ2v) is 5.62. The van der Waals surface area contributed by atoms with E-state index in [0.29, 0.717) is 12.1 Å². The fourth-order valence-corrected chi connectivity index (χ4v) is 2.45. The number of aliphatic hydroxyl groups excluding tert-OH is 1. The molecule has 112 valence electrons. The van der Waals surface area contributed by atoms with Crippen LogP contribution >= 0.6 is 12.4 Å². The van der Waals surface area contributed by atoms with E-state index in [4.69, 9.17) is 0 Å². The Bertz CT molecular complexity index is 419. The summed E-state index contributed by atoms with van der Waals surface area (Å²) in [6.45, 7) is 4.72. The van der Waals surface area contributed by atoms with Gasteiger partial charge in [-0.1, -0.05) is 37.3 Å². The first-order valence-corrected chi connectivity index (χ1v) is 6.82. The molecule has 1 saturated heterocycles. The molecule has 1 aliphatic heterocycles. The maximum atomic E-state index is 11.9. The highest BCUT2D eigenvalue weighted by molar-refractivity contribution is 5.85. The number of aliphatic hydroxyl groups is 1. The maximum Gasteiger partial charge on any atom is 0.253 e. The van der Waals surface area contributed by atoms with Crippen molar-refractivity contribution in [2.24, 2.45) is 5.41 Å². The molecule has 1 amide bonds. The molecule has 0 aromatic heterocycles. The van der Waals surface area contributed by atoms with Gasteiger partial charge in [0, 0.05) is 13.1 Å². The average molecular weight is 299 g/mol. The lowest BCUT2D eigenvalue weighted by Crippen LogP contribution is -2.46. The first kappa shape index (κ1) is 17.0. The van der Waals surface area contributed by atoms with Gasteiger partial charge in [-0.25, -0.2) is 0 Å². The third-order valence-electron chi connectivity index (χ3n) is 3.74. The third-order valence-corrected chi connectivity index (χ3v) is 3.74. The first-order valence-electron chi connectivity index (χ1n) is 6.82. The summed E-state index contributed by atoms with van der Waals surface area (Å²) >= 11 is 0. The number of hydrogen-bond donors (Lipinski definition) is 3. The zero-order valence-corrected chi connectivity index (χ0v) is 12.6. The topological polar surface area (TPSA) is 61.4 Å². The highest BCUT2D eigenvalue weighted by atomic mass is 35.5. The Balaban J connectivity index is 0.00000200. The fourth-order valence-electron chi connectivity index (χ4n) is 2.45. The number of carbonyl (C=O) groups is 1. The van der Waals surface area contributed by atoms with Crippen LogP contribution in [0.5, 0.6) is 0 Å². The van der Waals surface area contributed by atoms with Crippen molar-refractivity contribution in [1.82, 2.24) is 10.6 Å². The zero-order valence-electron chi connectivity index (χ0n) is 11.8. The van der Waals surface area contributed by atoms with Crippen LogP contribution in [0.2, 0.25) is 0 Å². The molecule has 0 saturated carbocycles. The minimum atomic E-state index is -1.08. The monoisotopic (exact) mass is 298 g/mol. The summed E-state index contributed by atoms with van der Waals surface area (Å²) in [6.07, 6.45) is 1.15. The number of hydrogen-bond acceptors (Lipinski definition) is 3. The highest BCUT2D eigenvalue weighted by Crippen LogP contribution is 2.24. The Labute approximate surface area is 126 Å². The van der Waals surface area contributed by atoms with Gasteiger partial charge in [-0.3, -0.25) is 4.79 Å². The standard InChI is InChI=1S/C15H22N2O2.ClH/c1-15(8-5-9-16-10-15)11-17-14(19)13(18)12-6-3-2-4-7-12;/h2-4,6-7,13,16,18H,5,8-11H2,1H3,(H,17,19);1H. The van der Waals surface area contributed by atoms with Crippen LogP contribution in [-0.2, 0) is 4.79 Å². The Kier molecular flexibility index (Phi) is 6.46. The van der Waals surface area contributed by atoms with Gasteiger partial charge in [0.15, 0.2) is 6.10 Å². The number of benzene rings is 1. The van der Waals surface area contributed by atoms with E-state index >= 15 is 0 Å². The molecular formula is C15H23ClN2O2. The average Bonchev–Trinajstić information content (AvgIpc) is 2.46. The number of piperidine rings is 1. The molecule has 0 bridgehead atoms. The highest BCUT2D eigenvalue weighted by Gasteiger charge is 2.28. The molecule has 0 radical (unpaired) electrons. The summed E-state index contributed by atoms with van der Waals surface area (Å²) in [5, 5.41) is 16.2. The molecule has 1 aromatic rings. The molecule has 20 heavy (non-hydrogen) atoms. The molecule has 1 aliphatic rings. The predicted molar refractivity (Wildman–Crippen MR) is 81.9 cm³/mol. The Morgan fingerprint density at radius 1 is 1.45 bits per heavy atom. The minimum Gasteiger partial charge on any atom is -0.378 e. The van der Waals surface area contributed by atoms with E-state index < -0.39 is 6.10 Å². The van der Waals surface area contributed by atoms with Crippen molar-refractivity contribution >= 4 is 18.3 Å². The van der Waals surface area contributed by atoms with Crippen LogP contribution in [0, 0.1) is 5.41 Å². The van der Waals surface area contributed by atoms with Crippen LogP contribution in [-0.4, -0.2) is 30.6 Å². The second kappa shape index (κ2) is 7.62. The van der Waals surface area contributed by atoms with E-state index in [1.165, 1.54) is 0 Å². The van der Waals surface area contributed by atoms with Crippen LogP contribution in [0.1, 0.15) is 31.4 Å². The van der Waals surface area contributed by atoms with Crippen LogP contribution in [0.15, 0.2) is 30.3 Å². The predicted octanol–water partition coefficient (Wildman–Crippen LogP) is 1.65. The number of carbonyl (C=O) groups excluding carboxylic acids is 1. The number of halogens is 1. The number of rotatable bonds is 4. The molecule has 2 atom stereocenters. The fraction of sp³-hybridized carbons (Fsp3) is 0.533. The van der Waals surface area contributed by atoms with Gasteiger partial charge in [0.25, 0.3) is 5.91 Å². The molecule has 0 aliphatic carbocycles. The summed E-state index contributed by atoms with van der Waals surface area (Å²) < 4.78 is 0. The quantitative estimate of drug-likeness (QED) is 0.792. The molecule has 1 heterocycles. The second-order valence-electron chi connectivity index (χ2n) is 5.62. The Morgan fingerprint density at radius 3 is 2.75 bits per heavy atom. The summed E-state index contributed by atoms with van der Waals surface area (Å²) in [5.41, 5.74) is 0.719. The lowest BCUT2D eigenvalue weighted by molar-refractivity contribution is -0.130. The van der Waals surface area contributed by atoms with E-state index in [2.05, 4.69) is 17.6 Å². The largest absolute Gasteiger partial charge is 0.378 e. The van der Waals surface area contributed by atoms with Gasteiger partial charge < -0.3 is 15.7 Å². The molecular weight excluding hydrogens is 276 g/mol. The lowest BCUT2D eigenvalue weighted by Gasteiger charge is -2.34. The van der Waals surface area contributed by atoms with E-state index in [9.17, 15) is 9.90 Å². The van der Waals surface area contributed by atoms with E-state index in [-0.39, 0.29) is 23.7 Å². The van der Waals surface area contributed by atoms with Crippen LogP contribution < -0.4 is 10.6 Å². The Hall–Kier alpha value is -1.10. The third kappa shape index (κ3) is 4.47. The van der Waals surface area contributed by atoms with Crippen molar-refractivity contribution in [3.63, 3.8) is 0 Å². The van der Waals surface area contributed by atoms with Gasteiger partial charge in [-0.15, -0.1) is 12.4 Å². The van der Waals surface area contributed by atoms with Crippen molar-refractivity contribution in [3.8, 4) is 0 Å². The SMILES string of the molecule is CC1(CNC(=O)C(O)c2ccccc2)CCCNC1.Cl. The van der Waals surface area contributed by atoms with Gasteiger partial charge in [-0.2, -0.15) is 0 Å². The molecule has 4 nitrogen and oxygen atoms in total. The van der Waals surface area contributed by atoms with Gasteiger partial charge in [0.05, 0.1) is 0 Å². The summed E-state index contributed by atoms with van der Waals surface area (Å²) in [6, 6.07) is 9.02. The number of amides is 1. The van der Waals surface area contributed by atoms with Gasteiger partial charge in [0.1, 0.15) is 0 Å². The first-order chi connectivity index (χ1) is 9.11. The molecule has 1 aromatic carbocycles. The maximum absolute atomic E-state index is 11.9. The van der Waals surface area contributed by atoms with Gasteiger partial charge in [0.2, 0.25) is 0 Å². The van der Waals surface area contributed by atoms with Crippen LogP contribution in [0.3, 0.4) is 0 Å². The van der Waals surface area contributed by atoms with Crippen molar-refractivity contribution < 1.29 is 9.90 Å². The molecule has 1 fully saturated rings. The summed E-state index contributed by atoms with van der Waals surface area (Å²) in [5.74, 6) is -0.321. The molecule has 3 N–H and O–H groups in total. The summed E-state index contributed by atoms with van der Waals surface area (Å²) in [7, 11) is 0. The summed E-state index contributed by atoms with van der Waals surface area (Å²) in [4.78, 5) is 11.9. The van der Waals surface area contributed by atoms with Crippen LogP contribution in [0.25, 0.3) is 0 Å². The molecule has 2 rings (SSSR count). The van der Waals surface area contributed by atoms with Crippen molar-refractivity contribution in [1.29, 1.82) is 0 Å². The lowest BCUT2D eigenvalue weighted by atomic mass is 9.83. The Morgan fingerprint density at radius 2 is 2.15 bits per heavy atom. The van der Waals surface area contributed by atoms with Gasteiger partial charge >= 0.3 is 0 Å². The van der Waals surface area contributed by atoms with Gasteiger partial charge in [-0.05, 0) is 30.4 Å². The van der Waals surface area contributed by atoms with E-state index in [0.717, 1.165) is 25.9 Å². The van der Waals surface area contributed by atoms with E-state index in [1.807, 2.05) is 18.2 Å². The molecule has 5 heteroatoms. The smallest absolute Gasteiger partial charge is 0.253 e. The van der Waals surface area contributed by atoms with Crippen molar-refractivity contribution in [2.45, 2.75) is 25.9 Å². The normalized spacial score (nSPS) is 23.5.